The third-order valence-corrected chi connectivity index (χ3v) is 27.4. The summed E-state index contributed by atoms with van der Waals surface area (Å²) in [4.78, 5) is 45.6. The van der Waals surface area contributed by atoms with Crippen LogP contribution in [0.25, 0.3) is 213 Å². The zero-order chi connectivity index (χ0) is 90.9. The molecule has 22 aromatic rings. The highest BCUT2D eigenvalue weighted by Gasteiger charge is 2.39. The predicted octanol–water partition coefficient (Wildman–Crippen LogP) is 31.7. The second-order valence-electron chi connectivity index (χ2n) is 36.8. The normalized spacial score (nSPS) is 13.0. The zero-order valence-corrected chi connectivity index (χ0v) is 75.7. The van der Waals surface area contributed by atoms with Crippen LogP contribution in [-0.4, -0.2) is 44.9 Å². The second kappa shape index (κ2) is 34.1. The first-order valence-electron chi connectivity index (χ1n) is 46.2. The van der Waals surface area contributed by atoms with Crippen LogP contribution in [0.4, 0.5) is 0 Å². The SMILES string of the molecule is CC1(C)c2cc(-c3nc(-c4ccc(-c5ccccc5)cc4)nc(-c4ccc(-c5ccccc5)cc4)n3)ccc2-c2cc3ccccc3cc21.CC1(C)c2ccccc2-c2cc(-c3nc(-c4ccc5ccccc5c4)nc(-c4ccc5ccccc5c4)n3)ccc21.CC1(C)c2ccccc2-c2ccc(-c3nc(-c4ccc(-c5ccccc5)cc4)nc(-c4ccc(-c5ccccc5)cc4)n3)cc21. The third-order valence-electron chi connectivity index (χ3n) is 27.4. The lowest BCUT2D eigenvalue weighted by Crippen LogP contribution is -2.15. The Morgan fingerprint density at radius 2 is 0.319 bits per heavy atom. The fourth-order valence-electron chi connectivity index (χ4n) is 20.0. The lowest BCUT2D eigenvalue weighted by atomic mass is 9.81. The molecular formula is C126H91N9. The van der Waals surface area contributed by atoms with Crippen molar-refractivity contribution >= 4 is 32.3 Å². The van der Waals surface area contributed by atoms with Gasteiger partial charge in [0.05, 0.1) is 0 Å². The van der Waals surface area contributed by atoms with Crippen LogP contribution in [0.5, 0.6) is 0 Å². The van der Waals surface area contributed by atoms with Crippen LogP contribution in [0.3, 0.4) is 0 Å². The van der Waals surface area contributed by atoms with E-state index in [1.165, 1.54) is 111 Å². The Morgan fingerprint density at radius 3 is 0.681 bits per heavy atom. The Hall–Kier alpha value is -17.0. The topological polar surface area (TPSA) is 116 Å². The molecule has 640 valence electrons. The van der Waals surface area contributed by atoms with Gasteiger partial charge in [-0.1, -0.05) is 442 Å². The molecule has 0 radical (unpaired) electrons. The van der Waals surface area contributed by atoms with Crippen LogP contribution >= 0.6 is 0 Å². The van der Waals surface area contributed by atoms with Crippen molar-refractivity contribution in [2.45, 2.75) is 57.8 Å². The minimum absolute atomic E-state index is 0.0456. The molecule has 0 bridgehead atoms. The summed E-state index contributed by atoms with van der Waals surface area (Å²) in [5, 5.41) is 7.24. The molecule has 0 spiro atoms. The van der Waals surface area contributed by atoms with Crippen molar-refractivity contribution in [2.75, 3.05) is 0 Å². The first kappa shape index (κ1) is 82.4. The summed E-state index contributed by atoms with van der Waals surface area (Å²) in [5.41, 5.74) is 33.4. The molecule has 0 amide bonds. The number of benzene rings is 19. The Balaban J connectivity index is 0.000000115. The van der Waals surface area contributed by atoms with Gasteiger partial charge >= 0.3 is 0 Å². The highest BCUT2D eigenvalue weighted by atomic mass is 15.1. The van der Waals surface area contributed by atoms with E-state index >= 15 is 0 Å². The average molecular weight is 1730 g/mol. The van der Waals surface area contributed by atoms with Crippen molar-refractivity contribution in [3.05, 3.63) is 476 Å². The largest absolute Gasteiger partial charge is 0.208 e. The Kier molecular flexibility index (Phi) is 20.8. The van der Waals surface area contributed by atoms with Gasteiger partial charge in [-0.3, -0.25) is 0 Å². The van der Waals surface area contributed by atoms with Gasteiger partial charge in [-0.25, -0.2) is 44.9 Å². The maximum absolute atomic E-state index is 5.11. The number of fused-ring (bicyclic) bond motifs is 12. The van der Waals surface area contributed by atoms with Crippen molar-refractivity contribution in [1.29, 1.82) is 0 Å². The lowest BCUT2D eigenvalue weighted by Gasteiger charge is -2.22. The van der Waals surface area contributed by atoms with E-state index in [2.05, 4.69) is 460 Å². The average Bonchev–Trinajstić information content (AvgIpc) is 1.58. The summed E-state index contributed by atoms with van der Waals surface area (Å²) in [6, 6.07) is 156. The number of aromatic nitrogens is 9. The van der Waals surface area contributed by atoms with Gasteiger partial charge in [0.15, 0.2) is 52.4 Å². The molecule has 3 aliphatic carbocycles. The molecule has 3 aliphatic rings. The molecule has 0 saturated carbocycles. The molecule has 9 heteroatoms. The molecule has 25 rings (SSSR count). The maximum atomic E-state index is 5.11. The van der Waals surface area contributed by atoms with E-state index in [0.29, 0.717) is 52.4 Å². The van der Waals surface area contributed by atoms with Crippen LogP contribution in [0.1, 0.15) is 74.9 Å². The fourth-order valence-corrected chi connectivity index (χ4v) is 20.0. The molecule has 0 atom stereocenters. The van der Waals surface area contributed by atoms with Gasteiger partial charge in [0.2, 0.25) is 0 Å². The maximum Gasteiger partial charge on any atom is 0.164 e. The van der Waals surface area contributed by atoms with Gasteiger partial charge in [0.25, 0.3) is 0 Å². The molecular weight excluding hydrogens is 1640 g/mol. The van der Waals surface area contributed by atoms with Crippen LogP contribution in [0.15, 0.2) is 443 Å². The summed E-state index contributed by atoms with van der Waals surface area (Å²) in [6.45, 7) is 13.8. The molecule has 135 heavy (non-hydrogen) atoms. The quantitative estimate of drug-likeness (QED) is 0.111. The number of hydrogen-bond donors (Lipinski definition) is 0. The van der Waals surface area contributed by atoms with Crippen LogP contribution in [-0.2, 0) is 16.2 Å². The smallest absolute Gasteiger partial charge is 0.164 e. The van der Waals surface area contributed by atoms with Gasteiger partial charge in [0.1, 0.15) is 0 Å². The zero-order valence-electron chi connectivity index (χ0n) is 75.7. The van der Waals surface area contributed by atoms with E-state index in [4.69, 9.17) is 44.9 Å². The number of rotatable bonds is 13. The molecule has 9 nitrogen and oxygen atoms in total. The molecule has 0 unspecified atom stereocenters. The molecule has 0 saturated heterocycles. The van der Waals surface area contributed by atoms with Crippen molar-refractivity contribution in [2.24, 2.45) is 0 Å². The minimum atomic E-state index is -0.163. The molecule has 3 aromatic heterocycles. The Labute approximate surface area is 786 Å². The van der Waals surface area contributed by atoms with Crippen LogP contribution in [0, 0.1) is 0 Å². The summed E-state index contributed by atoms with van der Waals surface area (Å²) in [7, 11) is 0. The highest BCUT2D eigenvalue weighted by molar-refractivity contribution is 5.96. The van der Waals surface area contributed by atoms with Gasteiger partial charge in [-0.15, -0.1) is 0 Å². The first-order chi connectivity index (χ1) is 66.1. The molecule has 0 N–H and O–H groups in total. The molecule has 19 aromatic carbocycles. The van der Waals surface area contributed by atoms with E-state index in [0.717, 1.165) is 83.1 Å². The van der Waals surface area contributed by atoms with E-state index in [9.17, 15) is 0 Å². The first-order valence-corrected chi connectivity index (χ1v) is 46.2. The van der Waals surface area contributed by atoms with Crippen LogP contribution < -0.4 is 0 Å². The molecule has 0 fully saturated rings. The summed E-state index contributed by atoms with van der Waals surface area (Å²) in [6.07, 6.45) is 0. The predicted molar refractivity (Wildman–Crippen MR) is 555 cm³/mol. The minimum Gasteiger partial charge on any atom is -0.208 e. The van der Waals surface area contributed by atoms with Crippen molar-refractivity contribution in [3.8, 4) is 180 Å². The summed E-state index contributed by atoms with van der Waals surface area (Å²) >= 11 is 0. The van der Waals surface area contributed by atoms with E-state index in [1.807, 2.05) is 24.3 Å². The van der Waals surface area contributed by atoms with Crippen LogP contribution in [0.2, 0.25) is 0 Å². The van der Waals surface area contributed by atoms with E-state index in [-0.39, 0.29) is 16.2 Å². The summed E-state index contributed by atoms with van der Waals surface area (Å²) < 4.78 is 0. The summed E-state index contributed by atoms with van der Waals surface area (Å²) in [5.74, 6) is 5.98. The van der Waals surface area contributed by atoms with E-state index < -0.39 is 0 Å². The van der Waals surface area contributed by atoms with Gasteiger partial charge in [-0.2, -0.15) is 0 Å². The van der Waals surface area contributed by atoms with Gasteiger partial charge < -0.3 is 0 Å². The molecule has 0 aliphatic heterocycles. The van der Waals surface area contributed by atoms with Gasteiger partial charge in [0, 0.05) is 66.3 Å². The van der Waals surface area contributed by atoms with Crippen molar-refractivity contribution in [3.63, 3.8) is 0 Å². The monoisotopic (exact) mass is 1730 g/mol. The molecule has 3 heterocycles. The number of nitrogens with zero attached hydrogens (tertiary/aromatic N) is 9. The van der Waals surface area contributed by atoms with Crippen molar-refractivity contribution in [1.82, 2.24) is 44.9 Å². The standard InChI is InChI=1S/C46H33N3.C42H31N3.C38H27N3/c1-46(2)41-29-38(25-26-39(41)40-27-36-15-9-10-16-37(36)28-42(40)46)45-48-43(34-21-17-32(18-22-34)30-11-5-3-6-12-30)47-44(49-45)35-23-19-33(20-24-35)31-13-7-4-8-14-31;1-42(2)37-16-10-9-15-35(37)36-26-25-34(27-38(36)42)41-44-39(32-21-17-30(18-22-32)28-11-5-3-6-12-28)43-40(45-41)33-23-19-31(20-24-33)29-13-7-4-8-14-29;1-38(2)33-14-8-7-13-31(33)32-23-30(19-20-34(32)38)37-40-35(28-17-15-24-9-3-5-11-26(24)21-28)39-36(41-37)29-18-16-25-10-4-6-12-27(25)22-29/h3-29H,1-2H3;3-27H,1-2H3;3-23H,1-2H3. The van der Waals surface area contributed by atoms with E-state index in [1.54, 1.807) is 0 Å². The fraction of sp³-hybridized carbons (Fsp3) is 0.0714. The number of hydrogen-bond acceptors (Lipinski definition) is 9. The van der Waals surface area contributed by atoms with Crippen molar-refractivity contribution < 1.29 is 0 Å². The Bertz CT molecular complexity index is 8020. The lowest BCUT2D eigenvalue weighted by molar-refractivity contribution is 0.660. The van der Waals surface area contributed by atoms with Gasteiger partial charge in [-0.05, 0) is 186 Å². The highest BCUT2D eigenvalue weighted by Crippen LogP contribution is 2.54. The Morgan fingerprint density at radius 1 is 0.119 bits per heavy atom. The second-order valence-corrected chi connectivity index (χ2v) is 36.8. The third kappa shape index (κ3) is 15.6.